The van der Waals surface area contributed by atoms with Crippen molar-refractivity contribution in [2.45, 2.75) is 335 Å². The summed E-state index contributed by atoms with van der Waals surface area (Å²) < 4.78 is 16.9. The normalized spacial score (nSPS) is 12.8. The lowest BCUT2D eigenvalue weighted by atomic mass is 10.0. The van der Waals surface area contributed by atoms with Crippen molar-refractivity contribution in [2.75, 3.05) is 13.2 Å². The molecule has 464 valence electrons. The number of rotatable bonds is 62. The summed E-state index contributed by atoms with van der Waals surface area (Å²) in [4.78, 5) is 38.3. The van der Waals surface area contributed by atoms with Gasteiger partial charge in [-0.1, -0.05) is 310 Å². The highest BCUT2D eigenvalue weighted by atomic mass is 16.6. The Morgan fingerprint density at radius 3 is 0.765 bits per heavy atom. The van der Waals surface area contributed by atoms with Crippen LogP contribution in [0.15, 0.2) is 109 Å². The number of carbonyl (C=O) groups is 3. The second-order valence-corrected chi connectivity index (χ2v) is 22.7. The average Bonchev–Trinajstić information content (AvgIpc) is 3.47. The topological polar surface area (TPSA) is 78.9 Å². The summed E-state index contributed by atoms with van der Waals surface area (Å²) in [7, 11) is 0. The van der Waals surface area contributed by atoms with Crippen LogP contribution in [0.2, 0.25) is 0 Å². The van der Waals surface area contributed by atoms with Crippen molar-refractivity contribution in [1.82, 2.24) is 0 Å². The second kappa shape index (κ2) is 68.6. The van der Waals surface area contributed by atoms with Gasteiger partial charge in [0.05, 0.1) is 0 Å². The Morgan fingerprint density at radius 1 is 0.259 bits per heavy atom. The van der Waals surface area contributed by atoms with Gasteiger partial charge in [-0.2, -0.15) is 0 Å². The van der Waals surface area contributed by atoms with Crippen LogP contribution in [-0.2, 0) is 28.6 Å². The molecule has 0 rings (SSSR count). The quantitative estimate of drug-likeness (QED) is 0.0261. The SMILES string of the molecule is CC/C=C\C/C=C\C/C=C\C/C=C\C/C=C\C/C=C\C/C=C\C/C=C\CCCCCCCCC(=O)OCC(COC(=O)CCCCCCCCCCC)OC(=O)CCCCCCCCCCCCC/C=C\CCCCCCCCCC. The van der Waals surface area contributed by atoms with E-state index in [4.69, 9.17) is 14.2 Å². The Bertz CT molecular complexity index is 1620. The number of ether oxygens (including phenoxy) is 3. The van der Waals surface area contributed by atoms with Crippen LogP contribution in [-0.4, -0.2) is 37.2 Å². The van der Waals surface area contributed by atoms with Crippen LogP contribution in [0.3, 0.4) is 0 Å². The van der Waals surface area contributed by atoms with Crippen LogP contribution in [0.25, 0.3) is 0 Å². The van der Waals surface area contributed by atoms with E-state index in [0.29, 0.717) is 19.3 Å². The van der Waals surface area contributed by atoms with Crippen molar-refractivity contribution in [2.24, 2.45) is 0 Å². The van der Waals surface area contributed by atoms with E-state index in [-0.39, 0.29) is 31.1 Å². The third kappa shape index (κ3) is 66.8. The van der Waals surface area contributed by atoms with Crippen LogP contribution < -0.4 is 0 Å². The minimum absolute atomic E-state index is 0.0807. The molecule has 0 aromatic rings. The molecule has 0 spiro atoms. The lowest BCUT2D eigenvalue weighted by molar-refractivity contribution is -0.167. The van der Waals surface area contributed by atoms with Gasteiger partial charge in [-0.25, -0.2) is 0 Å². The monoisotopic (exact) mass is 1120 g/mol. The van der Waals surface area contributed by atoms with Gasteiger partial charge in [0.25, 0.3) is 0 Å². The Morgan fingerprint density at radius 2 is 0.481 bits per heavy atom. The van der Waals surface area contributed by atoms with Crippen molar-refractivity contribution in [3.63, 3.8) is 0 Å². The Hall–Kier alpha value is -3.93. The van der Waals surface area contributed by atoms with E-state index in [0.717, 1.165) is 122 Å². The summed E-state index contributed by atoms with van der Waals surface area (Å²) in [5, 5.41) is 0. The van der Waals surface area contributed by atoms with Crippen molar-refractivity contribution in [3.05, 3.63) is 109 Å². The van der Waals surface area contributed by atoms with Gasteiger partial charge in [0.1, 0.15) is 13.2 Å². The molecule has 0 saturated heterocycles. The molecule has 6 heteroatoms. The molecule has 0 aliphatic heterocycles. The Labute approximate surface area is 501 Å². The van der Waals surface area contributed by atoms with Gasteiger partial charge in [0.2, 0.25) is 0 Å². The van der Waals surface area contributed by atoms with E-state index < -0.39 is 6.10 Å². The molecule has 0 heterocycles. The number of hydrogen-bond donors (Lipinski definition) is 0. The van der Waals surface area contributed by atoms with Gasteiger partial charge in [-0.3, -0.25) is 14.4 Å². The van der Waals surface area contributed by atoms with Crippen molar-refractivity contribution in [1.29, 1.82) is 0 Å². The van der Waals surface area contributed by atoms with E-state index in [1.54, 1.807) is 0 Å². The van der Waals surface area contributed by atoms with Gasteiger partial charge >= 0.3 is 17.9 Å². The number of allylic oxidation sites excluding steroid dienone is 18. The molecular formula is C75H128O6. The van der Waals surface area contributed by atoms with E-state index in [9.17, 15) is 14.4 Å². The fourth-order valence-corrected chi connectivity index (χ4v) is 9.63. The van der Waals surface area contributed by atoms with Gasteiger partial charge in [0.15, 0.2) is 6.10 Å². The fraction of sp³-hybridized carbons (Fsp3) is 0.720. The predicted molar refractivity (Wildman–Crippen MR) is 353 cm³/mol. The van der Waals surface area contributed by atoms with E-state index in [1.807, 2.05) is 0 Å². The van der Waals surface area contributed by atoms with Crippen molar-refractivity contribution in [3.8, 4) is 0 Å². The highest BCUT2D eigenvalue weighted by molar-refractivity contribution is 5.71. The molecule has 0 aromatic carbocycles. The number of hydrogen-bond acceptors (Lipinski definition) is 6. The number of unbranched alkanes of at least 4 members (excludes halogenated alkanes) is 33. The smallest absolute Gasteiger partial charge is 0.306 e. The zero-order chi connectivity index (χ0) is 58.5. The molecule has 0 amide bonds. The summed E-state index contributed by atoms with van der Waals surface area (Å²) >= 11 is 0. The largest absolute Gasteiger partial charge is 0.462 e. The summed E-state index contributed by atoms with van der Waals surface area (Å²) in [5.74, 6) is -0.889. The molecular weight excluding hydrogens is 997 g/mol. The summed E-state index contributed by atoms with van der Waals surface area (Å²) in [5.41, 5.74) is 0. The van der Waals surface area contributed by atoms with E-state index >= 15 is 0 Å². The van der Waals surface area contributed by atoms with Gasteiger partial charge in [-0.05, 0) is 109 Å². The van der Waals surface area contributed by atoms with Gasteiger partial charge in [0, 0.05) is 19.3 Å². The molecule has 0 N–H and O–H groups in total. The highest BCUT2D eigenvalue weighted by Crippen LogP contribution is 2.16. The van der Waals surface area contributed by atoms with Gasteiger partial charge in [-0.15, -0.1) is 0 Å². The van der Waals surface area contributed by atoms with E-state index in [1.165, 1.54) is 167 Å². The van der Waals surface area contributed by atoms with Crippen molar-refractivity contribution >= 4 is 17.9 Å². The highest BCUT2D eigenvalue weighted by Gasteiger charge is 2.19. The average molecular weight is 1130 g/mol. The molecule has 1 atom stereocenters. The molecule has 0 saturated carbocycles. The second-order valence-electron chi connectivity index (χ2n) is 22.7. The first kappa shape index (κ1) is 77.1. The zero-order valence-corrected chi connectivity index (χ0v) is 53.3. The Balaban J connectivity index is 4.23. The molecule has 0 radical (unpaired) electrons. The lowest BCUT2D eigenvalue weighted by Gasteiger charge is -2.18. The molecule has 81 heavy (non-hydrogen) atoms. The number of esters is 3. The first-order chi connectivity index (χ1) is 40.0. The maximum Gasteiger partial charge on any atom is 0.306 e. The maximum absolute atomic E-state index is 12.9. The zero-order valence-electron chi connectivity index (χ0n) is 53.3. The van der Waals surface area contributed by atoms with Crippen LogP contribution in [0, 0.1) is 0 Å². The summed E-state index contributed by atoms with van der Waals surface area (Å²) in [6.45, 7) is 6.52. The molecule has 0 fully saturated rings. The van der Waals surface area contributed by atoms with Crippen LogP contribution in [0.1, 0.15) is 329 Å². The minimum Gasteiger partial charge on any atom is -0.462 e. The standard InChI is InChI=1S/C75H128O6/c1-4-7-10-13-16-19-21-23-25-27-29-31-33-34-35-36-37-38-39-40-42-43-45-47-49-51-53-56-59-62-65-68-74(77)80-71-72(70-79-73(76)67-64-61-58-55-18-15-12-9-6-3)81-75(78)69-66-63-60-57-54-52-50-48-46-44-41-32-30-28-26-24-22-20-17-14-11-8-5-2/h7,10,16,19,23,25,28-31,34-35,37-38,40,42,45,47,72H,4-6,8-9,11-15,17-18,20-22,24,26-27,32-33,36,39,41,43-44,46,48-71H2,1-3H3/b10-7-,19-16-,25-23-,30-28-,31-29-,35-34-,38-37-,42-40-,47-45-. The van der Waals surface area contributed by atoms with Crippen LogP contribution in [0.4, 0.5) is 0 Å². The first-order valence-electron chi connectivity index (χ1n) is 34.4. The predicted octanol–water partition coefficient (Wildman–Crippen LogP) is 23.8. The summed E-state index contributed by atoms with van der Waals surface area (Å²) in [6, 6.07) is 0. The molecule has 0 aromatic heterocycles. The van der Waals surface area contributed by atoms with Crippen LogP contribution in [0.5, 0.6) is 0 Å². The fourth-order valence-electron chi connectivity index (χ4n) is 9.63. The third-order valence-electron chi connectivity index (χ3n) is 14.8. The molecule has 0 bridgehead atoms. The molecule has 1 unspecified atom stereocenters. The van der Waals surface area contributed by atoms with Crippen molar-refractivity contribution < 1.29 is 28.6 Å². The summed E-state index contributed by atoms with van der Waals surface area (Å²) in [6.07, 6.45) is 94.0. The van der Waals surface area contributed by atoms with Gasteiger partial charge < -0.3 is 14.2 Å². The minimum atomic E-state index is -0.784. The van der Waals surface area contributed by atoms with Crippen LogP contribution >= 0.6 is 0 Å². The molecule has 6 nitrogen and oxygen atoms in total. The number of carbonyl (C=O) groups excluding carboxylic acids is 3. The Kier molecular flexibility index (Phi) is 65.2. The lowest BCUT2D eigenvalue weighted by Crippen LogP contribution is -2.30. The van der Waals surface area contributed by atoms with E-state index in [2.05, 4.69) is 130 Å². The molecule has 0 aliphatic carbocycles. The maximum atomic E-state index is 12.9. The first-order valence-corrected chi connectivity index (χ1v) is 34.4. The third-order valence-corrected chi connectivity index (χ3v) is 14.8. The molecule has 0 aliphatic rings.